The highest BCUT2D eigenvalue weighted by atomic mass is 16.6. The molecule has 7 N–H and O–H groups in total. The molecule has 1 aliphatic rings. The maximum Gasteiger partial charge on any atom is 0.408 e. The highest BCUT2D eigenvalue weighted by molar-refractivity contribution is 5.80. The number of aromatic hydroxyl groups is 1. The van der Waals surface area contributed by atoms with E-state index < -0.39 is 35.7 Å². The molecule has 0 aromatic heterocycles. The average molecular weight is 576 g/mol. The van der Waals surface area contributed by atoms with E-state index in [2.05, 4.69) is 15.4 Å². The third-order valence-electron chi connectivity index (χ3n) is 5.53. The van der Waals surface area contributed by atoms with E-state index in [4.69, 9.17) is 25.8 Å². The number of rotatable bonds is 8. The van der Waals surface area contributed by atoms with Gasteiger partial charge in [-0.25, -0.2) is 9.59 Å². The predicted octanol–water partition coefficient (Wildman–Crippen LogP) is 2.47. The normalized spacial score (nSPS) is 15.5. The first kappa shape index (κ1) is 34.9. The molecule has 0 saturated carbocycles. The Labute approximate surface area is 239 Å². The number of ether oxygens (including phenoxy) is 2. The molecular weight excluding hydrogens is 534 g/mol. The minimum atomic E-state index is -1.15. The summed E-state index contributed by atoms with van der Waals surface area (Å²) in [5.74, 6) is -2.14. The number of hydrogen-bond acceptors (Lipinski definition) is 9. The van der Waals surface area contributed by atoms with Gasteiger partial charge in [0.05, 0.1) is 7.11 Å². The summed E-state index contributed by atoms with van der Waals surface area (Å²) in [5.41, 5.74) is 6.62. The topological polar surface area (TPSA) is 198 Å². The lowest BCUT2D eigenvalue weighted by atomic mass is 10.1. The molecule has 2 unspecified atom stereocenters. The number of nitrogens with two attached hydrogens (primary N) is 1. The molecule has 12 heteroatoms. The van der Waals surface area contributed by atoms with Crippen LogP contribution in [0.5, 0.6) is 5.75 Å². The summed E-state index contributed by atoms with van der Waals surface area (Å²) in [6.45, 7) is 5.95. The minimum absolute atomic E-state index is 0.0979. The number of carboxylic acid groups (broad SMARTS) is 2. The molecule has 1 aliphatic heterocycles. The fraction of sp³-hybridized carbons (Fsp3) is 0.448. The van der Waals surface area contributed by atoms with Gasteiger partial charge >= 0.3 is 24.0 Å². The van der Waals surface area contributed by atoms with Crippen molar-refractivity contribution in [2.45, 2.75) is 70.2 Å². The van der Waals surface area contributed by atoms with E-state index in [0.29, 0.717) is 12.0 Å². The zero-order valence-corrected chi connectivity index (χ0v) is 23.8. The van der Waals surface area contributed by atoms with Gasteiger partial charge in [-0.2, -0.15) is 0 Å². The van der Waals surface area contributed by atoms with Gasteiger partial charge < -0.3 is 41.2 Å². The molecule has 0 aliphatic carbocycles. The number of amides is 1. The van der Waals surface area contributed by atoms with Gasteiger partial charge in [-0.05, 0) is 69.8 Å². The van der Waals surface area contributed by atoms with Crippen LogP contribution in [-0.2, 0) is 36.7 Å². The van der Waals surface area contributed by atoms with Crippen LogP contribution in [0.15, 0.2) is 54.6 Å². The number of benzene rings is 2. The molecule has 3 atom stereocenters. The fourth-order valence-electron chi connectivity index (χ4n) is 3.52. The monoisotopic (exact) mass is 575 g/mol. The van der Waals surface area contributed by atoms with Crippen molar-refractivity contribution in [3.63, 3.8) is 0 Å². The lowest BCUT2D eigenvalue weighted by Crippen LogP contribution is -2.44. The first-order chi connectivity index (χ1) is 19.2. The Kier molecular flexibility index (Phi) is 14.9. The molecule has 1 heterocycles. The Morgan fingerprint density at radius 3 is 2.02 bits per heavy atom. The van der Waals surface area contributed by atoms with Gasteiger partial charge in [0, 0.05) is 6.42 Å². The second-order valence-electron chi connectivity index (χ2n) is 10.2. The molecular formula is C29H41N3O9. The quantitative estimate of drug-likeness (QED) is 0.253. The van der Waals surface area contributed by atoms with Gasteiger partial charge in [-0.15, -0.1) is 0 Å². The van der Waals surface area contributed by atoms with Crippen LogP contribution in [0.1, 0.15) is 44.7 Å². The molecule has 2 aromatic carbocycles. The van der Waals surface area contributed by atoms with E-state index in [0.717, 1.165) is 24.9 Å². The Balaban J connectivity index is 0.000000340. The van der Waals surface area contributed by atoms with Crippen molar-refractivity contribution in [3.05, 3.63) is 65.7 Å². The van der Waals surface area contributed by atoms with Crippen LogP contribution in [-0.4, -0.2) is 76.7 Å². The summed E-state index contributed by atoms with van der Waals surface area (Å²) in [4.78, 5) is 43.8. The number of hydrogen-bond donors (Lipinski definition) is 6. The smallest absolute Gasteiger partial charge is 0.408 e. The van der Waals surface area contributed by atoms with Crippen molar-refractivity contribution in [2.24, 2.45) is 5.73 Å². The average Bonchev–Trinajstić information content (AvgIpc) is 3.45. The minimum Gasteiger partial charge on any atom is -0.508 e. The Bertz CT molecular complexity index is 1100. The van der Waals surface area contributed by atoms with E-state index in [1.54, 1.807) is 32.9 Å². The van der Waals surface area contributed by atoms with Crippen LogP contribution in [0.25, 0.3) is 0 Å². The standard InChI is InChI=1S/C14H19NO5.C10H13NO2.C5H9NO2/c1-14(2,3)20-13(19)15-11(12(17)18)8-9-4-6-10(16)7-5-9;1-13-10(12)9(11)7-8-5-3-2-4-6-8;7-5(8)4-2-1-3-6-4/h4-7,11,16H,8H2,1-3H3,(H,15,19)(H,17,18);2-6,9H,7,11H2,1H3;4,6H,1-3H2,(H,7,8)/t;;4-/m..1/s1. The van der Waals surface area contributed by atoms with Gasteiger partial charge in [0.2, 0.25) is 0 Å². The van der Waals surface area contributed by atoms with E-state index in [1.807, 2.05) is 30.3 Å². The van der Waals surface area contributed by atoms with Crippen LogP contribution >= 0.6 is 0 Å². The molecule has 41 heavy (non-hydrogen) atoms. The van der Waals surface area contributed by atoms with Crippen molar-refractivity contribution in [2.75, 3.05) is 13.7 Å². The molecule has 0 spiro atoms. The van der Waals surface area contributed by atoms with Crippen LogP contribution < -0.4 is 16.4 Å². The molecule has 226 valence electrons. The fourth-order valence-corrected chi connectivity index (χ4v) is 3.52. The summed E-state index contributed by atoms with van der Waals surface area (Å²) in [6.07, 6.45) is 1.64. The van der Waals surface area contributed by atoms with Gasteiger partial charge in [0.25, 0.3) is 0 Å². The maximum atomic E-state index is 11.6. The number of alkyl carbamates (subject to hydrolysis) is 1. The summed E-state index contributed by atoms with van der Waals surface area (Å²) in [6, 6.07) is 13.8. The van der Waals surface area contributed by atoms with Crippen molar-refractivity contribution < 1.29 is 44.0 Å². The highest BCUT2D eigenvalue weighted by Crippen LogP contribution is 2.12. The van der Waals surface area contributed by atoms with Crippen molar-refractivity contribution in [1.82, 2.24) is 10.6 Å². The summed E-state index contributed by atoms with van der Waals surface area (Å²) < 4.78 is 9.54. The predicted molar refractivity (Wildman–Crippen MR) is 151 cm³/mol. The number of esters is 1. The Hall–Kier alpha value is -4.16. The zero-order valence-electron chi connectivity index (χ0n) is 23.8. The molecule has 1 saturated heterocycles. The first-order valence-corrected chi connectivity index (χ1v) is 13.1. The van der Waals surface area contributed by atoms with E-state index >= 15 is 0 Å². The van der Waals surface area contributed by atoms with Gasteiger partial charge in [0.1, 0.15) is 29.5 Å². The molecule has 1 amide bonds. The van der Waals surface area contributed by atoms with Crippen LogP contribution in [0.4, 0.5) is 4.79 Å². The second-order valence-corrected chi connectivity index (χ2v) is 10.2. The van der Waals surface area contributed by atoms with Gasteiger partial charge in [0.15, 0.2) is 0 Å². The maximum absolute atomic E-state index is 11.6. The van der Waals surface area contributed by atoms with Crippen LogP contribution in [0, 0.1) is 0 Å². The molecule has 3 rings (SSSR count). The number of carboxylic acids is 2. The van der Waals surface area contributed by atoms with Gasteiger partial charge in [-0.1, -0.05) is 42.5 Å². The number of phenols is 1. The van der Waals surface area contributed by atoms with E-state index in [1.165, 1.54) is 19.2 Å². The van der Waals surface area contributed by atoms with Crippen LogP contribution in [0.3, 0.4) is 0 Å². The van der Waals surface area contributed by atoms with Gasteiger partial charge in [-0.3, -0.25) is 9.59 Å². The Morgan fingerprint density at radius 1 is 1.00 bits per heavy atom. The lowest BCUT2D eigenvalue weighted by Gasteiger charge is -2.22. The lowest BCUT2D eigenvalue weighted by molar-refractivity contribution is -0.142. The number of aliphatic carboxylic acids is 2. The molecule has 2 aromatic rings. The number of methoxy groups -OCH3 is 1. The summed E-state index contributed by atoms with van der Waals surface area (Å²) in [5, 5.41) is 31.8. The van der Waals surface area contributed by atoms with Crippen molar-refractivity contribution in [3.8, 4) is 5.75 Å². The molecule has 0 bridgehead atoms. The number of carbonyl (C=O) groups excluding carboxylic acids is 2. The number of carbonyl (C=O) groups is 4. The van der Waals surface area contributed by atoms with E-state index in [-0.39, 0.29) is 24.2 Å². The third-order valence-corrected chi connectivity index (χ3v) is 5.53. The first-order valence-electron chi connectivity index (χ1n) is 13.1. The van der Waals surface area contributed by atoms with Crippen molar-refractivity contribution >= 4 is 24.0 Å². The number of nitrogens with one attached hydrogen (secondary N) is 2. The highest BCUT2D eigenvalue weighted by Gasteiger charge is 2.24. The molecule has 0 radical (unpaired) electrons. The van der Waals surface area contributed by atoms with Crippen LogP contribution in [0.2, 0.25) is 0 Å². The SMILES string of the molecule is CC(C)(C)OC(=O)NC(Cc1ccc(O)cc1)C(=O)O.COC(=O)C(N)Cc1ccccc1.O=C(O)[C@H]1CCCN1. The zero-order chi connectivity index (χ0) is 31.0. The van der Waals surface area contributed by atoms with Crippen molar-refractivity contribution in [1.29, 1.82) is 0 Å². The second kappa shape index (κ2) is 17.5. The third kappa shape index (κ3) is 15.3. The largest absolute Gasteiger partial charge is 0.508 e. The Morgan fingerprint density at radius 2 is 1.59 bits per heavy atom. The number of phenolic OH excluding ortho intramolecular Hbond substituents is 1. The summed E-state index contributed by atoms with van der Waals surface area (Å²) >= 11 is 0. The molecule has 1 fully saturated rings. The summed E-state index contributed by atoms with van der Waals surface area (Å²) in [7, 11) is 1.34. The van der Waals surface area contributed by atoms with E-state index in [9.17, 15) is 19.2 Å². The molecule has 12 nitrogen and oxygen atoms in total.